The van der Waals surface area contributed by atoms with Crippen LogP contribution in [0.5, 0.6) is 0 Å². The summed E-state index contributed by atoms with van der Waals surface area (Å²) in [6.07, 6.45) is 0. The number of rotatable bonds is 4. The Morgan fingerprint density at radius 3 is 2.14 bits per heavy atom. The number of anilines is 2. The fraction of sp³-hybridized carbons (Fsp3) is 0.208. The Morgan fingerprint density at radius 1 is 0.724 bits per heavy atom. The van der Waals surface area contributed by atoms with Gasteiger partial charge in [-0.05, 0) is 42.0 Å². The summed E-state index contributed by atoms with van der Waals surface area (Å²) in [4.78, 5) is 9.73. The topological polar surface area (TPSA) is 24.3 Å². The SMILES string of the molecule is Fc1ccc(Cn2c(N3CCN(c4ccccc4)CC3)nc3ccccc32)cc1. The number of piperazine rings is 1. The van der Waals surface area contributed by atoms with E-state index in [-0.39, 0.29) is 5.82 Å². The first-order valence-electron chi connectivity index (χ1n) is 10.0. The summed E-state index contributed by atoms with van der Waals surface area (Å²) >= 11 is 0. The number of hydrogen-bond acceptors (Lipinski definition) is 3. The van der Waals surface area contributed by atoms with Crippen molar-refractivity contribution in [2.45, 2.75) is 6.54 Å². The van der Waals surface area contributed by atoms with Crippen molar-refractivity contribution in [2.24, 2.45) is 0 Å². The molecule has 0 saturated carbocycles. The van der Waals surface area contributed by atoms with Crippen LogP contribution >= 0.6 is 0 Å². The van der Waals surface area contributed by atoms with Crippen molar-refractivity contribution in [2.75, 3.05) is 36.0 Å². The van der Waals surface area contributed by atoms with Crippen LogP contribution in [0.3, 0.4) is 0 Å². The molecule has 0 spiro atoms. The van der Waals surface area contributed by atoms with Crippen molar-refractivity contribution in [1.82, 2.24) is 9.55 Å². The van der Waals surface area contributed by atoms with E-state index in [4.69, 9.17) is 4.98 Å². The van der Waals surface area contributed by atoms with Gasteiger partial charge in [-0.1, -0.05) is 42.5 Å². The van der Waals surface area contributed by atoms with Crippen LogP contribution in [0.15, 0.2) is 78.9 Å². The summed E-state index contributed by atoms with van der Waals surface area (Å²) in [6, 6.07) is 25.5. The van der Waals surface area contributed by atoms with Gasteiger partial charge in [-0.15, -0.1) is 0 Å². The van der Waals surface area contributed by atoms with Crippen molar-refractivity contribution in [3.8, 4) is 0 Å². The Morgan fingerprint density at radius 2 is 1.38 bits per heavy atom. The molecule has 5 heteroatoms. The molecule has 0 N–H and O–H groups in total. The van der Waals surface area contributed by atoms with E-state index in [1.807, 2.05) is 24.3 Å². The second kappa shape index (κ2) is 7.59. The van der Waals surface area contributed by atoms with Gasteiger partial charge in [0.15, 0.2) is 0 Å². The van der Waals surface area contributed by atoms with E-state index >= 15 is 0 Å². The molecule has 146 valence electrons. The van der Waals surface area contributed by atoms with E-state index in [0.717, 1.165) is 48.7 Å². The van der Waals surface area contributed by atoms with Crippen molar-refractivity contribution in [1.29, 1.82) is 0 Å². The van der Waals surface area contributed by atoms with Gasteiger partial charge in [-0.3, -0.25) is 0 Å². The van der Waals surface area contributed by atoms with Crippen LogP contribution in [0.25, 0.3) is 11.0 Å². The van der Waals surface area contributed by atoms with Crippen molar-refractivity contribution in [3.63, 3.8) is 0 Å². The molecule has 1 saturated heterocycles. The molecule has 0 unspecified atom stereocenters. The maximum absolute atomic E-state index is 13.3. The highest BCUT2D eigenvalue weighted by Gasteiger charge is 2.22. The predicted molar refractivity (Wildman–Crippen MR) is 116 cm³/mol. The molecule has 0 aliphatic carbocycles. The molecular weight excluding hydrogens is 363 g/mol. The summed E-state index contributed by atoms with van der Waals surface area (Å²) in [5.74, 6) is 0.782. The highest BCUT2D eigenvalue weighted by molar-refractivity contribution is 5.79. The van der Waals surface area contributed by atoms with Gasteiger partial charge < -0.3 is 14.4 Å². The van der Waals surface area contributed by atoms with Gasteiger partial charge in [0.25, 0.3) is 0 Å². The molecule has 5 rings (SSSR count). The first-order valence-corrected chi connectivity index (χ1v) is 10.0. The molecule has 3 aromatic carbocycles. The maximum atomic E-state index is 13.3. The van der Waals surface area contributed by atoms with E-state index in [0.29, 0.717) is 6.54 Å². The number of hydrogen-bond donors (Lipinski definition) is 0. The van der Waals surface area contributed by atoms with Gasteiger partial charge in [-0.2, -0.15) is 0 Å². The number of benzene rings is 3. The zero-order chi connectivity index (χ0) is 19.6. The largest absolute Gasteiger partial charge is 0.368 e. The molecule has 1 aliphatic rings. The zero-order valence-corrected chi connectivity index (χ0v) is 16.2. The minimum atomic E-state index is -0.207. The fourth-order valence-corrected chi connectivity index (χ4v) is 4.04. The number of imidazole rings is 1. The summed E-state index contributed by atoms with van der Waals surface area (Å²) in [7, 11) is 0. The van der Waals surface area contributed by atoms with E-state index in [1.54, 1.807) is 0 Å². The predicted octanol–water partition coefficient (Wildman–Crippen LogP) is 4.55. The lowest BCUT2D eigenvalue weighted by molar-refractivity contribution is 0.621. The number of aromatic nitrogens is 2. The summed E-state index contributed by atoms with van der Waals surface area (Å²) in [5.41, 5.74) is 4.44. The van der Waals surface area contributed by atoms with Crippen molar-refractivity contribution < 1.29 is 4.39 Å². The number of fused-ring (bicyclic) bond motifs is 1. The van der Waals surface area contributed by atoms with Crippen LogP contribution in [0.2, 0.25) is 0 Å². The van der Waals surface area contributed by atoms with Gasteiger partial charge in [0, 0.05) is 31.9 Å². The number of para-hydroxylation sites is 3. The Balaban J connectivity index is 1.43. The minimum absolute atomic E-state index is 0.207. The van der Waals surface area contributed by atoms with Crippen LogP contribution in [0.1, 0.15) is 5.56 Å². The number of halogens is 1. The Hall–Kier alpha value is -3.34. The Kier molecular flexibility index (Phi) is 4.64. The lowest BCUT2D eigenvalue weighted by Crippen LogP contribution is -2.47. The van der Waals surface area contributed by atoms with Gasteiger partial charge in [0.2, 0.25) is 5.95 Å². The van der Waals surface area contributed by atoms with Crippen LogP contribution in [0.4, 0.5) is 16.0 Å². The lowest BCUT2D eigenvalue weighted by atomic mass is 10.2. The van der Waals surface area contributed by atoms with Crippen molar-refractivity contribution in [3.05, 3.63) is 90.2 Å². The van der Waals surface area contributed by atoms with Gasteiger partial charge in [0.05, 0.1) is 17.6 Å². The first-order chi connectivity index (χ1) is 14.3. The summed E-state index contributed by atoms with van der Waals surface area (Å²) in [6.45, 7) is 4.44. The highest BCUT2D eigenvalue weighted by Crippen LogP contribution is 2.26. The summed E-state index contributed by atoms with van der Waals surface area (Å²) < 4.78 is 15.6. The number of nitrogens with zero attached hydrogens (tertiary/aromatic N) is 4. The van der Waals surface area contributed by atoms with Crippen LogP contribution in [0, 0.1) is 5.82 Å². The quantitative estimate of drug-likeness (QED) is 0.514. The second-order valence-corrected chi connectivity index (χ2v) is 7.42. The van der Waals surface area contributed by atoms with Gasteiger partial charge >= 0.3 is 0 Å². The third-order valence-electron chi connectivity index (χ3n) is 5.57. The molecule has 1 fully saturated rings. The highest BCUT2D eigenvalue weighted by atomic mass is 19.1. The normalized spacial score (nSPS) is 14.5. The molecule has 1 aliphatic heterocycles. The van der Waals surface area contributed by atoms with Crippen molar-refractivity contribution >= 4 is 22.7 Å². The second-order valence-electron chi connectivity index (χ2n) is 7.42. The monoisotopic (exact) mass is 386 g/mol. The standard InChI is InChI=1S/C24H23FN4/c25-20-12-10-19(11-13-20)18-29-23-9-5-4-8-22(23)26-24(29)28-16-14-27(15-17-28)21-6-2-1-3-7-21/h1-13H,14-18H2. The van der Waals surface area contributed by atoms with E-state index in [1.165, 1.54) is 17.8 Å². The Labute approximate surface area is 169 Å². The molecule has 4 nitrogen and oxygen atoms in total. The maximum Gasteiger partial charge on any atom is 0.206 e. The molecule has 1 aromatic heterocycles. The first kappa shape index (κ1) is 17.7. The van der Waals surface area contributed by atoms with Crippen LogP contribution in [-0.2, 0) is 6.54 Å². The molecule has 4 aromatic rings. The molecule has 29 heavy (non-hydrogen) atoms. The minimum Gasteiger partial charge on any atom is -0.368 e. The smallest absolute Gasteiger partial charge is 0.206 e. The third-order valence-corrected chi connectivity index (χ3v) is 5.57. The Bertz CT molecular complexity index is 1100. The lowest BCUT2D eigenvalue weighted by Gasteiger charge is -2.36. The average molecular weight is 386 g/mol. The van der Waals surface area contributed by atoms with E-state index in [2.05, 4.69) is 56.8 Å². The van der Waals surface area contributed by atoms with E-state index in [9.17, 15) is 4.39 Å². The molecule has 0 radical (unpaired) electrons. The third kappa shape index (κ3) is 3.56. The average Bonchev–Trinajstić information content (AvgIpc) is 3.14. The zero-order valence-electron chi connectivity index (χ0n) is 16.2. The van der Waals surface area contributed by atoms with E-state index < -0.39 is 0 Å². The molecular formula is C24H23FN4. The molecule has 0 amide bonds. The molecule has 0 atom stereocenters. The molecule has 0 bridgehead atoms. The fourth-order valence-electron chi connectivity index (χ4n) is 4.04. The van der Waals surface area contributed by atoms with Crippen LogP contribution in [-0.4, -0.2) is 35.7 Å². The molecule has 2 heterocycles. The summed E-state index contributed by atoms with van der Waals surface area (Å²) in [5, 5.41) is 0. The van der Waals surface area contributed by atoms with Gasteiger partial charge in [0.1, 0.15) is 5.82 Å². The van der Waals surface area contributed by atoms with Gasteiger partial charge in [-0.25, -0.2) is 9.37 Å². The van der Waals surface area contributed by atoms with Crippen LogP contribution < -0.4 is 9.80 Å².